The summed E-state index contributed by atoms with van der Waals surface area (Å²) in [6, 6.07) is 15.9. The van der Waals surface area contributed by atoms with Crippen LogP contribution in [0.15, 0.2) is 59.8 Å². The fourth-order valence-corrected chi connectivity index (χ4v) is 2.27. The maximum Gasteiger partial charge on any atom is 0.261 e. The van der Waals surface area contributed by atoms with Crippen molar-refractivity contribution in [3.05, 3.63) is 66.0 Å². The lowest BCUT2D eigenvalue weighted by atomic mass is 10.1. The van der Waals surface area contributed by atoms with Gasteiger partial charge in [-0.2, -0.15) is 10.2 Å². The second-order valence-electron chi connectivity index (χ2n) is 4.99. The van der Waals surface area contributed by atoms with Crippen LogP contribution in [0.2, 0.25) is 0 Å². The molecule has 110 valence electrons. The van der Waals surface area contributed by atoms with Gasteiger partial charge in [-0.25, -0.2) is 5.43 Å². The van der Waals surface area contributed by atoms with Gasteiger partial charge in [0, 0.05) is 17.5 Å². The smallest absolute Gasteiger partial charge is 0.261 e. The summed E-state index contributed by atoms with van der Waals surface area (Å²) in [5.41, 5.74) is 4.44. The van der Waals surface area contributed by atoms with Crippen LogP contribution in [0, 0.1) is 6.92 Å². The second-order valence-corrected chi connectivity index (χ2v) is 4.99. The van der Waals surface area contributed by atoms with Gasteiger partial charge in [0.1, 0.15) is 6.54 Å². The predicted molar refractivity (Wildman–Crippen MR) is 86.6 cm³/mol. The molecule has 5 heteroatoms. The van der Waals surface area contributed by atoms with Gasteiger partial charge in [0.05, 0.1) is 6.21 Å². The Bertz CT molecular complexity index is 830. The van der Waals surface area contributed by atoms with Crippen molar-refractivity contribution >= 4 is 22.9 Å². The first-order valence-corrected chi connectivity index (χ1v) is 7.02. The summed E-state index contributed by atoms with van der Waals surface area (Å²) >= 11 is 0. The van der Waals surface area contributed by atoms with E-state index in [0.717, 1.165) is 22.0 Å². The Morgan fingerprint density at radius 1 is 1.23 bits per heavy atom. The zero-order valence-electron chi connectivity index (χ0n) is 12.2. The van der Waals surface area contributed by atoms with Crippen LogP contribution in [0.1, 0.15) is 11.3 Å². The highest BCUT2D eigenvalue weighted by Crippen LogP contribution is 2.16. The summed E-state index contributed by atoms with van der Waals surface area (Å²) in [4.78, 5) is 11.8. The number of aryl methyl sites for hydroxylation is 1. The molecule has 1 aromatic heterocycles. The zero-order valence-corrected chi connectivity index (χ0v) is 12.2. The number of amides is 1. The van der Waals surface area contributed by atoms with Crippen molar-refractivity contribution in [2.45, 2.75) is 13.5 Å². The number of aromatic nitrogens is 2. The van der Waals surface area contributed by atoms with Gasteiger partial charge in [0.15, 0.2) is 0 Å². The quantitative estimate of drug-likeness (QED) is 0.593. The molecule has 0 aliphatic carbocycles. The number of carbonyl (C=O) groups is 1. The first-order valence-electron chi connectivity index (χ1n) is 7.02. The van der Waals surface area contributed by atoms with Gasteiger partial charge in [-0.3, -0.25) is 9.48 Å². The molecular formula is C17H16N4O. The van der Waals surface area contributed by atoms with Gasteiger partial charge >= 0.3 is 0 Å². The van der Waals surface area contributed by atoms with E-state index in [-0.39, 0.29) is 12.5 Å². The molecule has 0 unspecified atom stereocenters. The third kappa shape index (κ3) is 3.03. The van der Waals surface area contributed by atoms with Crippen molar-refractivity contribution in [3.63, 3.8) is 0 Å². The summed E-state index contributed by atoms with van der Waals surface area (Å²) in [5.74, 6) is -0.205. The maximum absolute atomic E-state index is 11.8. The van der Waals surface area contributed by atoms with Gasteiger partial charge in [0.2, 0.25) is 0 Å². The fourth-order valence-electron chi connectivity index (χ4n) is 2.27. The topological polar surface area (TPSA) is 59.3 Å². The molecule has 0 aliphatic heterocycles. The minimum absolute atomic E-state index is 0.158. The SMILES string of the molecule is Cc1ccnn1CC(=O)NN=Cc1cccc2ccccc12. The van der Waals surface area contributed by atoms with Crippen molar-refractivity contribution in [1.82, 2.24) is 15.2 Å². The molecule has 0 spiro atoms. The maximum atomic E-state index is 11.8. The zero-order chi connectivity index (χ0) is 15.4. The normalized spacial score (nSPS) is 11.1. The van der Waals surface area contributed by atoms with E-state index in [2.05, 4.69) is 15.6 Å². The van der Waals surface area contributed by atoms with Crippen molar-refractivity contribution in [2.24, 2.45) is 5.10 Å². The van der Waals surface area contributed by atoms with Gasteiger partial charge in [-0.15, -0.1) is 0 Å². The molecule has 3 rings (SSSR count). The van der Waals surface area contributed by atoms with E-state index < -0.39 is 0 Å². The third-order valence-electron chi connectivity index (χ3n) is 3.44. The first kappa shape index (κ1) is 14.0. The highest BCUT2D eigenvalue weighted by Gasteiger charge is 2.04. The Kier molecular flexibility index (Phi) is 3.96. The lowest BCUT2D eigenvalue weighted by Gasteiger charge is -2.03. The number of nitrogens with zero attached hydrogens (tertiary/aromatic N) is 3. The summed E-state index contributed by atoms with van der Waals surface area (Å²) in [6.07, 6.45) is 3.33. The largest absolute Gasteiger partial charge is 0.271 e. The van der Waals surface area contributed by atoms with Crippen LogP contribution in [-0.4, -0.2) is 21.9 Å². The number of nitrogens with one attached hydrogen (secondary N) is 1. The number of hydrazone groups is 1. The van der Waals surface area contributed by atoms with Crippen LogP contribution in [0.3, 0.4) is 0 Å². The highest BCUT2D eigenvalue weighted by atomic mass is 16.2. The van der Waals surface area contributed by atoms with E-state index in [9.17, 15) is 4.79 Å². The number of hydrogen-bond donors (Lipinski definition) is 1. The average molecular weight is 292 g/mol. The predicted octanol–water partition coefficient (Wildman–Crippen LogP) is 2.50. The number of rotatable bonds is 4. The molecule has 0 saturated heterocycles. The number of carbonyl (C=O) groups excluding carboxylic acids is 1. The van der Waals surface area contributed by atoms with E-state index in [0.29, 0.717) is 0 Å². The van der Waals surface area contributed by atoms with Gasteiger partial charge in [-0.1, -0.05) is 42.5 Å². The molecule has 0 aliphatic rings. The molecule has 0 atom stereocenters. The molecule has 0 fully saturated rings. The lowest BCUT2D eigenvalue weighted by Crippen LogP contribution is -2.24. The minimum atomic E-state index is -0.205. The minimum Gasteiger partial charge on any atom is -0.271 e. The highest BCUT2D eigenvalue weighted by molar-refractivity contribution is 5.99. The molecule has 0 bridgehead atoms. The van der Waals surface area contributed by atoms with Crippen LogP contribution < -0.4 is 5.43 Å². The summed E-state index contributed by atoms with van der Waals surface area (Å²) < 4.78 is 1.63. The Labute approximate surface area is 128 Å². The van der Waals surface area contributed by atoms with Crippen molar-refractivity contribution in [3.8, 4) is 0 Å². The van der Waals surface area contributed by atoms with Crippen molar-refractivity contribution < 1.29 is 4.79 Å². The molecule has 0 saturated carbocycles. The first-order chi connectivity index (χ1) is 10.7. The van der Waals surface area contributed by atoms with Gasteiger partial charge < -0.3 is 0 Å². The molecule has 1 N–H and O–H groups in total. The summed E-state index contributed by atoms with van der Waals surface area (Å²) in [7, 11) is 0. The van der Waals surface area contributed by atoms with Gasteiger partial charge in [-0.05, 0) is 23.8 Å². The Hall–Kier alpha value is -2.95. The monoisotopic (exact) mass is 292 g/mol. The number of fused-ring (bicyclic) bond motifs is 1. The van der Waals surface area contributed by atoms with Crippen LogP contribution in [0.4, 0.5) is 0 Å². The van der Waals surface area contributed by atoms with Crippen molar-refractivity contribution in [2.75, 3.05) is 0 Å². The Morgan fingerprint density at radius 3 is 2.86 bits per heavy atom. The number of benzene rings is 2. The van der Waals surface area contributed by atoms with E-state index in [1.54, 1.807) is 17.1 Å². The molecule has 3 aromatic rings. The molecule has 2 aromatic carbocycles. The fraction of sp³-hybridized carbons (Fsp3) is 0.118. The summed E-state index contributed by atoms with van der Waals surface area (Å²) in [6.45, 7) is 2.06. The number of hydrogen-bond acceptors (Lipinski definition) is 3. The van der Waals surface area contributed by atoms with E-state index in [1.807, 2.05) is 55.5 Å². The molecule has 1 amide bonds. The molecule has 0 radical (unpaired) electrons. The van der Waals surface area contributed by atoms with Crippen LogP contribution >= 0.6 is 0 Å². The molecule has 5 nitrogen and oxygen atoms in total. The molecule has 22 heavy (non-hydrogen) atoms. The third-order valence-corrected chi connectivity index (χ3v) is 3.44. The second kappa shape index (κ2) is 6.22. The van der Waals surface area contributed by atoms with Crippen LogP contribution in [0.25, 0.3) is 10.8 Å². The van der Waals surface area contributed by atoms with Crippen molar-refractivity contribution in [1.29, 1.82) is 0 Å². The molecular weight excluding hydrogens is 276 g/mol. The lowest BCUT2D eigenvalue weighted by molar-refractivity contribution is -0.121. The molecule has 1 heterocycles. The van der Waals surface area contributed by atoms with E-state index in [1.165, 1.54) is 0 Å². The summed E-state index contributed by atoms with van der Waals surface area (Å²) in [5, 5.41) is 10.3. The van der Waals surface area contributed by atoms with Crippen LogP contribution in [-0.2, 0) is 11.3 Å². The average Bonchev–Trinajstić information content (AvgIpc) is 2.93. The van der Waals surface area contributed by atoms with E-state index in [4.69, 9.17) is 0 Å². The van der Waals surface area contributed by atoms with E-state index >= 15 is 0 Å². The standard InChI is InChI=1S/C17H16N4O/c1-13-9-10-19-21(13)12-17(22)20-18-11-15-7-4-6-14-5-2-3-8-16(14)15/h2-11H,12H2,1H3,(H,20,22). The van der Waals surface area contributed by atoms with Crippen LogP contribution in [0.5, 0.6) is 0 Å². The Balaban J connectivity index is 1.69. The Morgan fingerprint density at radius 2 is 2.05 bits per heavy atom. The van der Waals surface area contributed by atoms with Gasteiger partial charge in [0.25, 0.3) is 5.91 Å².